The minimum Gasteiger partial charge on any atom is -0.346 e. The molecule has 7 heteroatoms. The molecule has 2 aromatic heterocycles. The lowest BCUT2D eigenvalue weighted by Gasteiger charge is -2.30. The van der Waals surface area contributed by atoms with Crippen molar-refractivity contribution in [3.63, 3.8) is 0 Å². The average molecular weight is 414 g/mol. The molecule has 6 nitrogen and oxygen atoms in total. The number of para-hydroxylation sites is 1. The van der Waals surface area contributed by atoms with E-state index in [1.165, 1.54) is 0 Å². The van der Waals surface area contributed by atoms with Gasteiger partial charge in [0.25, 0.3) is 5.91 Å². The second-order valence-electron chi connectivity index (χ2n) is 7.22. The molecule has 0 saturated heterocycles. The molecule has 30 heavy (non-hydrogen) atoms. The maximum absolute atomic E-state index is 13.3. The summed E-state index contributed by atoms with van der Waals surface area (Å²) in [6.45, 7) is 8.39. The fraction of sp³-hybridized carbons (Fsp3) is 0.130. The molecule has 1 amide bonds. The summed E-state index contributed by atoms with van der Waals surface area (Å²) in [5, 5.41) is 3.81. The molecule has 0 radical (unpaired) electrons. The fourth-order valence-electron chi connectivity index (χ4n) is 3.58. The van der Waals surface area contributed by atoms with Crippen molar-refractivity contribution in [3.8, 4) is 0 Å². The largest absolute Gasteiger partial charge is 0.346 e. The number of nitrogens with zero attached hydrogens (tertiary/aromatic N) is 4. The van der Waals surface area contributed by atoms with E-state index in [1.54, 1.807) is 24.2 Å². The van der Waals surface area contributed by atoms with Crippen molar-refractivity contribution >= 4 is 34.7 Å². The fourth-order valence-corrected chi connectivity index (χ4v) is 4.79. The van der Waals surface area contributed by atoms with Gasteiger partial charge < -0.3 is 5.32 Å². The summed E-state index contributed by atoms with van der Waals surface area (Å²) in [7, 11) is 0. The highest BCUT2D eigenvalue weighted by molar-refractivity contribution is 8.03. The van der Waals surface area contributed by atoms with Crippen LogP contribution in [0.25, 0.3) is 5.57 Å². The zero-order valence-electron chi connectivity index (χ0n) is 16.6. The standard InChI is InChI=1S/C23H19N5OS/c1-13-8-9-17-15(3)20(22(29)26-12-16-11-24-14(2)10-25-16)23-28(21(17)27-13)18-6-4-5-7-19(18)30-23/h4-11H,3,12H2,1-2H3,(H,26,29). The Balaban J connectivity index is 1.56. The molecule has 4 heterocycles. The van der Waals surface area contributed by atoms with Gasteiger partial charge in [-0.3, -0.25) is 19.7 Å². The van der Waals surface area contributed by atoms with E-state index in [9.17, 15) is 4.79 Å². The van der Waals surface area contributed by atoms with E-state index in [4.69, 9.17) is 4.98 Å². The zero-order chi connectivity index (χ0) is 20.8. The predicted molar refractivity (Wildman–Crippen MR) is 118 cm³/mol. The quantitative estimate of drug-likeness (QED) is 0.691. The highest BCUT2D eigenvalue weighted by Crippen LogP contribution is 2.55. The Hall–Kier alpha value is -3.45. The topological polar surface area (TPSA) is 71.0 Å². The Bertz CT molecular complexity index is 1230. The third kappa shape index (κ3) is 2.98. The second-order valence-corrected chi connectivity index (χ2v) is 8.25. The maximum atomic E-state index is 13.3. The molecular formula is C23H19N5OS. The summed E-state index contributed by atoms with van der Waals surface area (Å²) in [6, 6.07) is 12.0. The number of carbonyl (C=O) groups is 1. The lowest BCUT2D eigenvalue weighted by atomic mass is 9.95. The third-order valence-electron chi connectivity index (χ3n) is 5.07. The van der Waals surface area contributed by atoms with Crippen LogP contribution in [0, 0.1) is 13.8 Å². The van der Waals surface area contributed by atoms with Gasteiger partial charge in [0.05, 0.1) is 40.4 Å². The number of rotatable bonds is 3. The van der Waals surface area contributed by atoms with E-state index in [2.05, 4.69) is 38.9 Å². The van der Waals surface area contributed by atoms with E-state index in [0.717, 1.165) is 38.4 Å². The Morgan fingerprint density at radius 3 is 2.73 bits per heavy atom. The lowest BCUT2D eigenvalue weighted by Crippen LogP contribution is -2.31. The molecule has 1 N–H and O–H groups in total. The number of hydrogen-bond acceptors (Lipinski definition) is 6. The summed E-state index contributed by atoms with van der Waals surface area (Å²) in [5.74, 6) is 0.627. The Morgan fingerprint density at radius 2 is 1.93 bits per heavy atom. The monoisotopic (exact) mass is 413 g/mol. The van der Waals surface area contributed by atoms with Crippen molar-refractivity contribution in [2.45, 2.75) is 25.3 Å². The van der Waals surface area contributed by atoms with Gasteiger partial charge in [0, 0.05) is 22.3 Å². The van der Waals surface area contributed by atoms with E-state index < -0.39 is 0 Å². The average Bonchev–Trinajstić information content (AvgIpc) is 3.12. The highest BCUT2D eigenvalue weighted by Gasteiger charge is 2.38. The maximum Gasteiger partial charge on any atom is 0.254 e. The highest BCUT2D eigenvalue weighted by atomic mass is 32.2. The molecule has 1 aromatic carbocycles. The van der Waals surface area contributed by atoms with Gasteiger partial charge in [-0.1, -0.05) is 30.5 Å². The van der Waals surface area contributed by atoms with Gasteiger partial charge in [0.1, 0.15) is 5.82 Å². The number of nitrogens with one attached hydrogen (secondary N) is 1. The molecule has 0 aliphatic carbocycles. The van der Waals surface area contributed by atoms with Crippen molar-refractivity contribution in [1.29, 1.82) is 0 Å². The smallest absolute Gasteiger partial charge is 0.254 e. The number of amides is 1. The van der Waals surface area contributed by atoms with Crippen LogP contribution in [-0.4, -0.2) is 20.9 Å². The van der Waals surface area contributed by atoms with Crippen molar-refractivity contribution < 1.29 is 4.79 Å². The molecule has 0 fully saturated rings. The van der Waals surface area contributed by atoms with E-state index in [-0.39, 0.29) is 5.91 Å². The number of fused-ring (bicyclic) bond motifs is 5. The molecule has 0 atom stereocenters. The van der Waals surface area contributed by atoms with Gasteiger partial charge in [-0.05, 0) is 43.7 Å². The SMILES string of the molecule is C=C1C(C(=O)NCc2cnc(C)cn2)=C2Sc3ccccc3N2c2nc(C)ccc21. The number of hydrogen-bond donors (Lipinski definition) is 1. The predicted octanol–water partition coefficient (Wildman–Crippen LogP) is 4.29. The first-order valence-corrected chi connectivity index (χ1v) is 10.4. The summed E-state index contributed by atoms with van der Waals surface area (Å²) in [6.07, 6.45) is 3.37. The first-order chi connectivity index (χ1) is 14.5. The number of aromatic nitrogens is 3. The van der Waals surface area contributed by atoms with Crippen LogP contribution in [0.5, 0.6) is 0 Å². The van der Waals surface area contributed by atoms with E-state index in [1.807, 2.05) is 38.1 Å². The molecule has 2 aliphatic rings. The van der Waals surface area contributed by atoms with Crippen LogP contribution in [0.3, 0.4) is 0 Å². The minimum absolute atomic E-state index is 0.186. The van der Waals surface area contributed by atoms with Gasteiger partial charge in [0.15, 0.2) is 0 Å². The van der Waals surface area contributed by atoms with Crippen LogP contribution in [0.2, 0.25) is 0 Å². The molecule has 0 saturated carbocycles. The van der Waals surface area contributed by atoms with Crippen LogP contribution >= 0.6 is 11.8 Å². The normalized spacial score (nSPS) is 14.3. The molecule has 3 aromatic rings. The molecule has 0 unspecified atom stereocenters. The molecule has 0 bridgehead atoms. The second kappa shape index (κ2) is 7.11. The number of anilines is 2. The molecule has 5 rings (SSSR count). The summed E-state index contributed by atoms with van der Waals surface area (Å²) in [5.41, 5.74) is 5.59. The first-order valence-electron chi connectivity index (χ1n) is 9.57. The number of carbonyl (C=O) groups excluding carboxylic acids is 1. The first kappa shape index (κ1) is 18.6. The summed E-state index contributed by atoms with van der Waals surface area (Å²) >= 11 is 1.57. The van der Waals surface area contributed by atoms with Crippen LogP contribution in [0.4, 0.5) is 11.5 Å². The van der Waals surface area contributed by atoms with Crippen LogP contribution in [0.15, 0.2) is 70.9 Å². The number of thioether (sulfide) groups is 1. The summed E-state index contributed by atoms with van der Waals surface area (Å²) < 4.78 is 0. The number of benzene rings is 1. The van der Waals surface area contributed by atoms with Gasteiger partial charge in [-0.15, -0.1) is 0 Å². The molecule has 148 valence electrons. The van der Waals surface area contributed by atoms with Crippen molar-refractivity contribution in [3.05, 3.63) is 88.6 Å². The van der Waals surface area contributed by atoms with Crippen molar-refractivity contribution in [1.82, 2.24) is 20.3 Å². The van der Waals surface area contributed by atoms with Crippen LogP contribution in [0.1, 0.15) is 22.6 Å². The Labute approximate surface area is 178 Å². The van der Waals surface area contributed by atoms with Crippen molar-refractivity contribution in [2.24, 2.45) is 0 Å². The zero-order valence-corrected chi connectivity index (χ0v) is 17.5. The summed E-state index contributed by atoms with van der Waals surface area (Å²) in [4.78, 5) is 29.8. The third-order valence-corrected chi connectivity index (χ3v) is 6.22. The lowest BCUT2D eigenvalue weighted by molar-refractivity contribution is -0.117. The molecular weight excluding hydrogens is 394 g/mol. The van der Waals surface area contributed by atoms with Crippen LogP contribution < -0.4 is 10.2 Å². The molecule has 2 aliphatic heterocycles. The number of pyridine rings is 1. The minimum atomic E-state index is -0.186. The Morgan fingerprint density at radius 1 is 1.10 bits per heavy atom. The molecule has 0 spiro atoms. The van der Waals surface area contributed by atoms with Gasteiger partial charge >= 0.3 is 0 Å². The van der Waals surface area contributed by atoms with Gasteiger partial charge in [-0.2, -0.15) is 0 Å². The van der Waals surface area contributed by atoms with Crippen LogP contribution in [-0.2, 0) is 11.3 Å². The Kier molecular flexibility index (Phi) is 4.40. The van der Waals surface area contributed by atoms with E-state index >= 15 is 0 Å². The number of aryl methyl sites for hydroxylation is 2. The van der Waals surface area contributed by atoms with E-state index in [0.29, 0.717) is 23.4 Å². The van der Waals surface area contributed by atoms with Crippen molar-refractivity contribution in [2.75, 3.05) is 4.90 Å². The van der Waals surface area contributed by atoms with Gasteiger partial charge in [-0.25, -0.2) is 4.98 Å². The van der Waals surface area contributed by atoms with Gasteiger partial charge in [0.2, 0.25) is 0 Å².